The highest BCUT2D eigenvalue weighted by Gasteiger charge is 2.41. The van der Waals surface area contributed by atoms with Gasteiger partial charge < -0.3 is 10.0 Å². The van der Waals surface area contributed by atoms with E-state index in [0.29, 0.717) is 19.5 Å². The maximum absolute atomic E-state index is 12.6. The lowest BCUT2D eigenvalue weighted by atomic mass is 10.0. The molecule has 1 atom stereocenters. The van der Waals surface area contributed by atoms with Crippen molar-refractivity contribution in [3.8, 4) is 0 Å². The number of amides is 1. The molecule has 1 aliphatic rings. The smallest absolute Gasteiger partial charge is 0.305 e. The van der Waals surface area contributed by atoms with E-state index in [0.717, 1.165) is 0 Å². The lowest BCUT2D eigenvalue weighted by molar-refractivity contribution is -0.140. The lowest BCUT2D eigenvalue weighted by Crippen LogP contribution is -2.52. The first kappa shape index (κ1) is 17.9. The van der Waals surface area contributed by atoms with Gasteiger partial charge in [0.15, 0.2) is 0 Å². The normalized spacial score (nSPS) is 19.6. The van der Waals surface area contributed by atoms with Gasteiger partial charge in [-0.3, -0.25) is 9.59 Å². The maximum Gasteiger partial charge on any atom is 0.305 e. The quantitative estimate of drug-likeness (QED) is 0.731. The Hall–Kier alpha value is -1.15. The standard InChI is InChI=1S/C13H24N2O5S/c1-4-14(8-6-11(16)17)13(18)12(10(2)3)15-7-5-9-21(15,19)20/h10,12H,4-9H2,1-3H3,(H,16,17). The molecular formula is C13H24N2O5S. The van der Waals surface area contributed by atoms with Gasteiger partial charge in [0.2, 0.25) is 15.9 Å². The van der Waals surface area contributed by atoms with Crippen molar-refractivity contribution in [1.29, 1.82) is 0 Å². The Balaban J connectivity index is 2.93. The molecular weight excluding hydrogens is 296 g/mol. The van der Waals surface area contributed by atoms with Crippen LogP contribution in [0.4, 0.5) is 0 Å². The molecule has 0 aromatic heterocycles. The van der Waals surface area contributed by atoms with Crippen LogP contribution in [0.1, 0.15) is 33.6 Å². The van der Waals surface area contributed by atoms with Gasteiger partial charge in [-0.15, -0.1) is 0 Å². The van der Waals surface area contributed by atoms with Crippen LogP contribution in [0, 0.1) is 5.92 Å². The molecule has 0 saturated carbocycles. The van der Waals surface area contributed by atoms with Crippen molar-refractivity contribution in [1.82, 2.24) is 9.21 Å². The zero-order valence-electron chi connectivity index (χ0n) is 12.8. The second kappa shape index (κ2) is 7.22. The summed E-state index contributed by atoms with van der Waals surface area (Å²) in [6, 6.07) is -0.744. The molecule has 0 aliphatic carbocycles. The summed E-state index contributed by atoms with van der Waals surface area (Å²) in [6.07, 6.45) is 0.386. The number of rotatable bonds is 7. The van der Waals surface area contributed by atoms with Crippen molar-refractivity contribution >= 4 is 21.9 Å². The first-order valence-electron chi connectivity index (χ1n) is 7.20. The molecule has 0 spiro atoms. The molecule has 7 nitrogen and oxygen atoms in total. The minimum Gasteiger partial charge on any atom is -0.481 e. The van der Waals surface area contributed by atoms with Crippen LogP contribution in [-0.4, -0.2) is 66.0 Å². The summed E-state index contributed by atoms with van der Waals surface area (Å²) in [5.41, 5.74) is 0. The Morgan fingerprint density at radius 1 is 1.33 bits per heavy atom. The van der Waals surface area contributed by atoms with Gasteiger partial charge in [-0.2, -0.15) is 4.31 Å². The van der Waals surface area contributed by atoms with Crippen molar-refractivity contribution in [2.45, 2.75) is 39.7 Å². The number of hydrogen-bond donors (Lipinski definition) is 1. The Bertz CT molecular complexity index is 489. The molecule has 1 rings (SSSR count). The molecule has 1 heterocycles. The zero-order chi connectivity index (χ0) is 16.2. The van der Waals surface area contributed by atoms with Crippen molar-refractivity contribution in [3.63, 3.8) is 0 Å². The third-order valence-electron chi connectivity index (χ3n) is 3.62. The predicted molar refractivity (Wildman–Crippen MR) is 78.2 cm³/mol. The van der Waals surface area contributed by atoms with E-state index < -0.39 is 22.0 Å². The van der Waals surface area contributed by atoms with Crippen molar-refractivity contribution in [2.75, 3.05) is 25.4 Å². The van der Waals surface area contributed by atoms with Gasteiger partial charge in [0, 0.05) is 19.6 Å². The largest absolute Gasteiger partial charge is 0.481 e. The SMILES string of the molecule is CCN(CCC(=O)O)C(=O)C(C(C)C)N1CCCS1(=O)=O. The number of aliphatic carboxylic acids is 1. The Kier molecular flexibility index (Phi) is 6.15. The first-order chi connectivity index (χ1) is 9.70. The van der Waals surface area contributed by atoms with Crippen LogP contribution >= 0.6 is 0 Å². The topological polar surface area (TPSA) is 95.0 Å². The van der Waals surface area contributed by atoms with E-state index in [4.69, 9.17) is 5.11 Å². The predicted octanol–water partition coefficient (Wildman–Crippen LogP) is 0.370. The zero-order valence-corrected chi connectivity index (χ0v) is 13.6. The fourth-order valence-electron chi connectivity index (χ4n) is 2.55. The van der Waals surface area contributed by atoms with Gasteiger partial charge >= 0.3 is 5.97 Å². The molecule has 1 aliphatic heterocycles. The molecule has 1 amide bonds. The van der Waals surface area contributed by atoms with Gasteiger partial charge in [-0.25, -0.2) is 8.42 Å². The molecule has 21 heavy (non-hydrogen) atoms. The van der Waals surface area contributed by atoms with Gasteiger partial charge in [0.05, 0.1) is 12.2 Å². The van der Waals surface area contributed by atoms with E-state index in [9.17, 15) is 18.0 Å². The van der Waals surface area contributed by atoms with Gasteiger partial charge in [-0.05, 0) is 19.3 Å². The van der Waals surface area contributed by atoms with Crippen molar-refractivity contribution < 1.29 is 23.1 Å². The van der Waals surface area contributed by atoms with E-state index in [2.05, 4.69) is 0 Å². The minimum atomic E-state index is -3.38. The Labute approximate surface area is 126 Å². The van der Waals surface area contributed by atoms with E-state index in [1.807, 2.05) is 0 Å². The number of sulfonamides is 1. The van der Waals surface area contributed by atoms with Crippen LogP contribution in [0.15, 0.2) is 0 Å². The Morgan fingerprint density at radius 2 is 1.95 bits per heavy atom. The Morgan fingerprint density at radius 3 is 2.33 bits per heavy atom. The molecule has 0 radical (unpaired) electrons. The van der Waals surface area contributed by atoms with Crippen LogP contribution in [0.2, 0.25) is 0 Å². The summed E-state index contributed by atoms with van der Waals surface area (Å²) in [6.45, 7) is 6.19. The molecule has 1 unspecified atom stereocenters. The summed E-state index contributed by atoms with van der Waals surface area (Å²) in [5.74, 6) is -1.37. The molecule has 0 bridgehead atoms. The lowest BCUT2D eigenvalue weighted by Gasteiger charge is -2.33. The van der Waals surface area contributed by atoms with E-state index >= 15 is 0 Å². The van der Waals surface area contributed by atoms with Crippen LogP contribution in [0.25, 0.3) is 0 Å². The highest BCUT2D eigenvalue weighted by atomic mass is 32.2. The van der Waals surface area contributed by atoms with Crippen LogP contribution in [-0.2, 0) is 19.6 Å². The average molecular weight is 320 g/mol. The molecule has 122 valence electrons. The highest BCUT2D eigenvalue weighted by molar-refractivity contribution is 7.89. The first-order valence-corrected chi connectivity index (χ1v) is 8.81. The monoisotopic (exact) mass is 320 g/mol. The number of hydrogen-bond acceptors (Lipinski definition) is 4. The number of carbonyl (C=O) groups excluding carboxylic acids is 1. The second-order valence-corrected chi connectivity index (χ2v) is 7.57. The summed E-state index contributed by atoms with van der Waals surface area (Å²) in [4.78, 5) is 24.7. The van der Waals surface area contributed by atoms with Gasteiger partial charge in [-0.1, -0.05) is 13.8 Å². The fraction of sp³-hybridized carbons (Fsp3) is 0.846. The summed E-state index contributed by atoms with van der Waals surface area (Å²) in [7, 11) is -3.38. The number of carboxylic acids is 1. The van der Waals surface area contributed by atoms with E-state index in [1.54, 1.807) is 20.8 Å². The van der Waals surface area contributed by atoms with E-state index in [1.165, 1.54) is 9.21 Å². The average Bonchev–Trinajstić information content (AvgIpc) is 2.69. The van der Waals surface area contributed by atoms with Crippen LogP contribution in [0.5, 0.6) is 0 Å². The van der Waals surface area contributed by atoms with Crippen molar-refractivity contribution in [2.24, 2.45) is 5.92 Å². The fourth-order valence-corrected chi connectivity index (χ4v) is 4.37. The van der Waals surface area contributed by atoms with Crippen LogP contribution < -0.4 is 0 Å². The maximum atomic E-state index is 12.6. The third kappa shape index (κ3) is 4.41. The molecule has 1 fully saturated rings. The summed E-state index contributed by atoms with van der Waals surface area (Å²) in [5, 5.41) is 8.74. The molecule has 1 N–H and O–H groups in total. The van der Waals surface area contributed by atoms with Crippen LogP contribution in [0.3, 0.4) is 0 Å². The number of carboxylic acid groups (broad SMARTS) is 1. The second-order valence-electron chi connectivity index (χ2n) is 5.53. The molecule has 8 heteroatoms. The molecule has 0 aromatic carbocycles. The summed E-state index contributed by atoms with van der Waals surface area (Å²) >= 11 is 0. The summed E-state index contributed by atoms with van der Waals surface area (Å²) < 4.78 is 25.4. The van der Waals surface area contributed by atoms with E-state index in [-0.39, 0.29) is 30.5 Å². The van der Waals surface area contributed by atoms with Gasteiger partial charge in [0.1, 0.15) is 6.04 Å². The third-order valence-corrected chi connectivity index (χ3v) is 5.55. The molecule has 0 aromatic rings. The number of nitrogens with zero attached hydrogens (tertiary/aromatic N) is 2. The highest BCUT2D eigenvalue weighted by Crippen LogP contribution is 2.23. The van der Waals surface area contributed by atoms with Gasteiger partial charge in [0.25, 0.3) is 0 Å². The van der Waals surface area contributed by atoms with Crippen molar-refractivity contribution in [3.05, 3.63) is 0 Å². The molecule has 1 saturated heterocycles. The number of likely N-dealkylation sites (N-methyl/N-ethyl adjacent to an activating group) is 1. The number of carbonyl (C=O) groups is 2. The minimum absolute atomic E-state index is 0.0742.